The molecule has 154 valence electrons. The van der Waals surface area contributed by atoms with Gasteiger partial charge in [0, 0.05) is 29.7 Å². The molecule has 2 aromatic carbocycles. The van der Waals surface area contributed by atoms with Crippen LogP contribution in [0, 0.1) is 13.8 Å². The Kier molecular flexibility index (Phi) is 6.64. The van der Waals surface area contributed by atoms with Crippen molar-refractivity contribution in [1.29, 1.82) is 0 Å². The summed E-state index contributed by atoms with van der Waals surface area (Å²) in [5, 5.41) is 13.2. The van der Waals surface area contributed by atoms with Crippen molar-refractivity contribution in [3.8, 4) is 11.5 Å². The molecular formula is C22H25ClN2O4. The zero-order valence-corrected chi connectivity index (χ0v) is 17.3. The molecule has 1 aliphatic heterocycles. The standard InChI is InChI=1S/C22H25ClN2O4/c1-14-10-19(11-15(2)21(14)23)29-13-20(27)24-17-6-8-25(9-7-17)22(28)16-4-3-5-18(26)12-16/h3-5,10-12,17,26H,6-9,13H2,1-2H3,(H,24,27). The van der Waals surface area contributed by atoms with E-state index in [0.717, 1.165) is 11.1 Å². The fourth-order valence-corrected chi connectivity index (χ4v) is 3.57. The van der Waals surface area contributed by atoms with Crippen LogP contribution in [-0.2, 0) is 4.79 Å². The first-order valence-corrected chi connectivity index (χ1v) is 9.98. The number of nitrogens with one attached hydrogen (secondary N) is 1. The Labute approximate surface area is 175 Å². The van der Waals surface area contributed by atoms with Gasteiger partial charge < -0.3 is 20.1 Å². The number of benzene rings is 2. The number of hydrogen-bond acceptors (Lipinski definition) is 4. The first-order chi connectivity index (χ1) is 13.8. The van der Waals surface area contributed by atoms with Gasteiger partial charge in [0.2, 0.25) is 0 Å². The molecule has 2 N–H and O–H groups in total. The number of rotatable bonds is 5. The van der Waals surface area contributed by atoms with Crippen LogP contribution in [-0.4, -0.2) is 47.6 Å². The second kappa shape index (κ2) is 9.18. The van der Waals surface area contributed by atoms with Gasteiger partial charge >= 0.3 is 0 Å². The molecule has 1 aliphatic rings. The number of ether oxygens (including phenoxy) is 1. The predicted molar refractivity (Wildman–Crippen MR) is 112 cm³/mol. The lowest BCUT2D eigenvalue weighted by molar-refractivity contribution is -0.124. The van der Waals surface area contributed by atoms with Crippen LogP contribution in [0.3, 0.4) is 0 Å². The van der Waals surface area contributed by atoms with Gasteiger partial charge in [-0.15, -0.1) is 0 Å². The Bertz CT molecular complexity index is 884. The van der Waals surface area contributed by atoms with Crippen molar-refractivity contribution in [1.82, 2.24) is 10.2 Å². The molecule has 0 unspecified atom stereocenters. The number of amides is 2. The van der Waals surface area contributed by atoms with E-state index in [-0.39, 0.29) is 30.2 Å². The van der Waals surface area contributed by atoms with Gasteiger partial charge in [0.1, 0.15) is 11.5 Å². The number of phenols is 1. The summed E-state index contributed by atoms with van der Waals surface area (Å²) in [5.74, 6) is 0.394. The van der Waals surface area contributed by atoms with Crippen molar-refractivity contribution >= 4 is 23.4 Å². The minimum absolute atomic E-state index is 0.00742. The Morgan fingerprint density at radius 3 is 2.45 bits per heavy atom. The normalized spacial score (nSPS) is 14.5. The first kappa shape index (κ1) is 21.0. The third-order valence-electron chi connectivity index (χ3n) is 5.02. The summed E-state index contributed by atoms with van der Waals surface area (Å²) in [6.07, 6.45) is 1.35. The maximum Gasteiger partial charge on any atom is 0.258 e. The van der Waals surface area contributed by atoms with E-state index in [9.17, 15) is 14.7 Å². The summed E-state index contributed by atoms with van der Waals surface area (Å²) in [7, 11) is 0. The molecule has 0 atom stereocenters. The topological polar surface area (TPSA) is 78.9 Å². The number of likely N-dealkylation sites (tertiary alicyclic amines) is 1. The molecule has 1 heterocycles. The van der Waals surface area contributed by atoms with Gasteiger partial charge in [-0.2, -0.15) is 0 Å². The molecule has 0 aromatic heterocycles. The highest BCUT2D eigenvalue weighted by Crippen LogP contribution is 2.25. The van der Waals surface area contributed by atoms with Crippen LogP contribution in [0.1, 0.15) is 34.3 Å². The maximum absolute atomic E-state index is 12.5. The molecule has 0 aliphatic carbocycles. The van der Waals surface area contributed by atoms with Crippen molar-refractivity contribution < 1.29 is 19.4 Å². The third kappa shape index (κ3) is 5.41. The van der Waals surface area contributed by atoms with E-state index >= 15 is 0 Å². The van der Waals surface area contributed by atoms with Crippen molar-refractivity contribution in [2.45, 2.75) is 32.7 Å². The summed E-state index contributed by atoms with van der Waals surface area (Å²) in [5.41, 5.74) is 2.28. The Morgan fingerprint density at radius 2 is 1.83 bits per heavy atom. The van der Waals surface area contributed by atoms with Crippen molar-refractivity contribution in [2.75, 3.05) is 19.7 Å². The van der Waals surface area contributed by atoms with Gasteiger partial charge in [-0.25, -0.2) is 0 Å². The predicted octanol–water partition coefficient (Wildman–Crippen LogP) is 3.46. The minimum atomic E-state index is -0.187. The Morgan fingerprint density at radius 1 is 1.17 bits per heavy atom. The minimum Gasteiger partial charge on any atom is -0.508 e. The average molecular weight is 417 g/mol. The van der Waals surface area contributed by atoms with Gasteiger partial charge in [0.15, 0.2) is 6.61 Å². The van der Waals surface area contributed by atoms with Gasteiger partial charge in [-0.1, -0.05) is 17.7 Å². The maximum atomic E-state index is 12.5. The monoisotopic (exact) mass is 416 g/mol. The summed E-state index contributed by atoms with van der Waals surface area (Å²) in [6.45, 7) is 4.83. The number of piperidine rings is 1. The van der Waals surface area contributed by atoms with E-state index in [0.29, 0.717) is 42.3 Å². The molecule has 7 heteroatoms. The second-order valence-corrected chi connectivity index (χ2v) is 7.72. The van der Waals surface area contributed by atoms with Crippen molar-refractivity contribution in [3.63, 3.8) is 0 Å². The summed E-state index contributed by atoms with van der Waals surface area (Å²) in [4.78, 5) is 26.5. The Balaban J connectivity index is 1.45. The molecule has 1 fully saturated rings. The summed E-state index contributed by atoms with van der Waals surface area (Å²) < 4.78 is 5.60. The smallest absolute Gasteiger partial charge is 0.258 e. The highest BCUT2D eigenvalue weighted by atomic mass is 35.5. The van der Waals surface area contributed by atoms with E-state index in [1.807, 2.05) is 26.0 Å². The second-order valence-electron chi connectivity index (χ2n) is 7.34. The zero-order chi connectivity index (χ0) is 21.0. The number of halogens is 1. The highest BCUT2D eigenvalue weighted by molar-refractivity contribution is 6.32. The van der Waals surface area contributed by atoms with Crippen molar-refractivity contribution in [3.05, 3.63) is 58.1 Å². The highest BCUT2D eigenvalue weighted by Gasteiger charge is 2.24. The fraction of sp³-hybridized carbons (Fsp3) is 0.364. The van der Waals surface area contributed by atoms with Crippen LogP contribution in [0.15, 0.2) is 36.4 Å². The molecule has 6 nitrogen and oxygen atoms in total. The van der Waals surface area contributed by atoms with Gasteiger partial charge in [0.05, 0.1) is 0 Å². The lowest BCUT2D eigenvalue weighted by Gasteiger charge is -2.32. The quantitative estimate of drug-likeness (QED) is 0.782. The van der Waals surface area contributed by atoms with Crippen LogP contribution in [0.2, 0.25) is 5.02 Å². The van der Waals surface area contributed by atoms with Crippen LogP contribution in [0.5, 0.6) is 11.5 Å². The fourth-order valence-electron chi connectivity index (χ4n) is 3.46. The Hall–Kier alpha value is -2.73. The molecule has 2 amide bonds. The molecule has 0 spiro atoms. The number of phenolic OH excluding ortho intramolecular Hbond substituents is 1. The number of carbonyl (C=O) groups is 2. The number of hydrogen-bond donors (Lipinski definition) is 2. The van der Waals surface area contributed by atoms with Crippen LogP contribution >= 0.6 is 11.6 Å². The first-order valence-electron chi connectivity index (χ1n) is 9.60. The van der Waals surface area contributed by atoms with Crippen molar-refractivity contribution in [2.24, 2.45) is 0 Å². The summed E-state index contributed by atoms with van der Waals surface area (Å²) in [6, 6.07) is 9.98. The lowest BCUT2D eigenvalue weighted by atomic mass is 10.0. The SMILES string of the molecule is Cc1cc(OCC(=O)NC2CCN(C(=O)c3cccc(O)c3)CC2)cc(C)c1Cl. The van der Waals surface area contributed by atoms with E-state index in [2.05, 4.69) is 5.32 Å². The number of carbonyl (C=O) groups excluding carboxylic acids is 2. The number of nitrogens with zero attached hydrogens (tertiary/aromatic N) is 1. The van der Waals surface area contributed by atoms with Crippen LogP contribution < -0.4 is 10.1 Å². The molecular weight excluding hydrogens is 392 g/mol. The van der Waals surface area contributed by atoms with E-state index in [1.165, 1.54) is 12.1 Å². The molecule has 2 aromatic rings. The molecule has 0 bridgehead atoms. The van der Waals surface area contributed by atoms with Crippen LogP contribution in [0.25, 0.3) is 0 Å². The third-order valence-corrected chi connectivity index (χ3v) is 5.62. The molecule has 3 rings (SSSR count). The largest absolute Gasteiger partial charge is 0.508 e. The molecule has 29 heavy (non-hydrogen) atoms. The molecule has 0 saturated carbocycles. The van der Waals surface area contributed by atoms with Gasteiger partial charge in [-0.05, 0) is 68.1 Å². The number of aryl methyl sites for hydroxylation is 2. The van der Waals surface area contributed by atoms with Crippen LogP contribution in [0.4, 0.5) is 0 Å². The zero-order valence-electron chi connectivity index (χ0n) is 16.6. The van der Waals surface area contributed by atoms with E-state index in [4.69, 9.17) is 16.3 Å². The average Bonchev–Trinajstić information content (AvgIpc) is 2.70. The van der Waals surface area contributed by atoms with Gasteiger partial charge in [-0.3, -0.25) is 9.59 Å². The van der Waals surface area contributed by atoms with Gasteiger partial charge in [0.25, 0.3) is 11.8 Å². The molecule has 1 saturated heterocycles. The lowest BCUT2D eigenvalue weighted by Crippen LogP contribution is -2.47. The summed E-state index contributed by atoms with van der Waals surface area (Å²) >= 11 is 6.15. The van der Waals surface area contributed by atoms with E-state index < -0.39 is 0 Å². The van der Waals surface area contributed by atoms with E-state index in [1.54, 1.807) is 17.0 Å². The molecule has 0 radical (unpaired) electrons. The number of aromatic hydroxyl groups is 1.